The van der Waals surface area contributed by atoms with Crippen molar-refractivity contribution in [3.05, 3.63) is 65.7 Å². The molecule has 0 radical (unpaired) electrons. The molecule has 1 fully saturated rings. The van der Waals surface area contributed by atoms with E-state index in [0.29, 0.717) is 19.5 Å². The van der Waals surface area contributed by atoms with Crippen molar-refractivity contribution < 1.29 is 14.3 Å². The number of amides is 2. The fourth-order valence-corrected chi connectivity index (χ4v) is 3.57. The van der Waals surface area contributed by atoms with Gasteiger partial charge in [-0.1, -0.05) is 48.5 Å². The Morgan fingerprint density at radius 2 is 1.80 bits per heavy atom. The third kappa shape index (κ3) is 3.09. The first-order valence-electron chi connectivity index (χ1n) is 8.59. The molecule has 2 aliphatic heterocycles. The van der Waals surface area contributed by atoms with Crippen LogP contribution in [0.4, 0.5) is 0 Å². The van der Waals surface area contributed by atoms with E-state index in [0.717, 1.165) is 16.9 Å². The monoisotopic (exact) mass is 336 g/mol. The summed E-state index contributed by atoms with van der Waals surface area (Å²) in [4.78, 5) is 27.0. The lowest BCUT2D eigenvalue weighted by Crippen LogP contribution is -2.44. The molecule has 25 heavy (non-hydrogen) atoms. The molecule has 0 aliphatic carbocycles. The van der Waals surface area contributed by atoms with Crippen LogP contribution in [0, 0.1) is 0 Å². The van der Waals surface area contributed by atoms with Crippen LogP contribution in [0.5, 0.6) is 5.75 Å². The normalized spacial score (nSPS) is 22.6. The van der Waals surface area contributed by atoms with Gasteiger partial charge in [0.1, 0.15) is 5.75 Å². The minimum Gasteiger partial charge on any atom is -0.480 e. The van der Waals surface area contributed by atoms with Crippen LogP contribution in [0.3, 0.4) is 0 Å². The number of para-hydroxylation sites is 1. The second kappa shape index (κ2) is 6.59. The van der Waals surface area contributed by atoms with Gasteiger partial charge in [-0.15, -0.1) is 0 Å². The van der Waals surface area contributed by atoms with Crippen molar-refractivity contribution in [3.63, 3.8) is 0 Å². The second-order valence-electron chi connectivity index (χ2n) is 6.43. The average Bonchev–Trinajstić information content (AvgIpc) is 2.98. The Bertz CT molecular complexity index is 766. The number of carbonyl (C=O) groups excluding carboxylic acids is 2. The topological polar surface area (TPSA) is 58.6 Å². The smallest absolute Gasteiger partial charge is 0.264 e. The van der Waals surface area contributed by atoms with Crippen molar-refractivity contribution in [1.82, 2.24) is 10.2 Å². The Labute approximate surface area is 146 Å². The molecule has 5 heteroatoms. The number of rotatable bonds is 2. The third-order valence-corrected chi connectivity index (χ3v) is 4.82. The van der Waals surface area contributed by atoms with E-state index in [1.165, 1.54) is 0 Å². The number of hydrogen-bond acceptors (Lipinski definition) is 3. The zero-order valence-corrected chi connectivity index (χ0v) is 13.9. The van der Waals surface area contributed by atoms with Crippen LogP contribution in [-0.4, -0.2) is 35.9 Å². The summed E-state index contributed by atoms with van der Waals surface area (Å²) in [5.41, 5.74) is 2.03. The van der Waals surface area contributed by atoms with Crippen LogP contribution in [0.1, 0.15) is 23.6 Å². The van der Waals surface area contributed by atoms with Crippen LogP contribution in [0.2, 0.25) is 0 Å². The van der Waals surface area contributed by atoms with Crippen LogP contribution >= 0.6 is 0 Å². The van der Waals surface area contributed by atoms with Gasteiger partial charge >= 0.3 is 0 Å². The van der Waals surface area contributed by atoms with Gasteiger partial charge in [-0.3, -0.25) is 9.59 Å². The Morgan fingerprint density at radius 1 is 1.04 bits per heavy atom. The molecule has 2 aromatic carbocycles. The largest absolute Gasteiger partial charge is 0.480 e. The van der Waals surface area contributed by atoms with E-state index in [4.69, 9.17) is 4.74 Å². The molecule has 2 amide bonds. The molecule has 2 aromatic rings. The van der Waals surface area contributed by atoms with Gasteiger partial charge in [0.05, 0.1) is 12.5 Å². The van der Waals surface area contributed by atoms with Gasteiger partial charge in [0.2, 0.25) is 5.91 Å². The van der Waals surface area contributed by atoms with Crippen molar-refractivity contribution in [1.29, 1.82) is 0 Å². The number of carbonyl (C=O) groups is 2. The van der Waals surface area contributed by atoms with Crippen LogP contribution in [0.15, 0.2) is 54.6 Å². The molecule has 0 aromatic heterocycles. The molecule has 0 spiro atoms. The SMILES string of the molecule is O=C1CC(c2ccccc2)N(C(=O)C2Cc3ccccc3O2)CCN1. The second-order valence-corrected chi connectivity index (χ2v) is 6.43. The maximum absolute atomic E-state index is 13.2. The Kier molecular flexibility index (Phi) is 4.14. The molecular formula is C20H20N2O3. The summed E-state index contributed by atoms with van der Waals surface area (Å²) in [7, 11) is 0. The molecule has 2 aliphatic rings. The Balaban J connectivity index is 1.60. The predicted molar refractivity (Wildman–Crippen MR) is 93.1 cm³/mol. The molecule has 2 atom stereocenters. The van der Waals surface area contributed by atoms with Gasteiger partial charge < -0.3 is 15.0 Å². The number of ether oxygens (including phenoxy) is 1. The van der Waals surface area contributed by atoms with E-state index in [-0.39, 0.29) is 24.3 Å². The van der Waals surface area contributed by atoms with Crippen molar-refractivity contribution >= 4 is 11.8 Å². The summed E-state index contributed by atoms with van der Waals surface area (Å²) >= 11 is 0. The molecule has 0 bridgehead atoms. The van der Waals surface area contributed by atoms with Gasteiger partial charge in [0.15, 0.2) is 6.10 Å². The molecule has 128 valence electrons. The Morgan fingerprint density at radius 3 is 2.60 bits per heavy atom. The lowest BCUT2D eigenvalue weighted by molar-refractivity contribution is -0.140. The van der Waals surface area contributed by atoms with Crippen molar-refractivity contribution in [2.45, 2.75) is 25.0 Å². The maximum Gasteiger partial charge on any atom is 0.264 e. The molecule has 0 saturated carbocycles. The Hall–Kier alpha value is -2.82. The zero-order chi connectivity index (χ0) is 17.2. The molecular weight excluding hydrogens is 316 g/mol. The molecule has 4 rings (SSSR count). The number of nitrogens with one attached hydrogen (secondary N) is 1. The first kappa shape index (κ1) is 15.7. The molecule has 1 saturated heterocycles. The van der Waals surface area contributed by atoms with E-state index in [9.17, 15) is 9.59 Å². The first-order chi connectivity index (χ1) is 12.2. The number of nitrogens with zero attached hydrogens (tertiary/aromatic N) is 1. The molecule has 1 N–H and O–H groups in total. The predicted octanol–water partition coefficient (Wildman–Crippen LogP) is 2.08. The van der Waals surface area contributed by atoms with Gasteiger partial charge in [-0.2, -0.15) is 0 Å². The molecule has 2 unspecified atom stereocenters. The molecule has 2 heterocycles. The van der Waals surface area contributed by atoms with E-state index < -0.39 is 6.10 Å². The van der Waals surface area contributed by atoms with E-state index in [1.54, 1.807) is 4.90 Å². The highest BCUT2D eigenvalue weighted by molar-refractivity contribution is 5.85. The summed E-state index contributed by atoms with van der Waals surface area (Å²) in [5.74, 6) is 0.697. The number of fused-ring (bicyclic) bond motifs is 1. The fraction of sp³-hybridized carbons (Fsp3) is 0.300. The van der Waals surface area contributed by atoms with Crippen molar-refractivity contribution in [3.8, 4) is 5.75 Å². The highest BCUT2D eigenvalue weighted by Crippen LogP contribution is 2.32. The van der Waals surface area contributed by atoms with E-state index in [2.05, 4.69) is 5.32 Å². The van der Waals surface area contributed by atoms with Crippen LogP contribution in [0.25, 0.3) is 0 Å². The minimum atomic E-state index is -0.517. The third-order valence-electron chi connectivity index (χ3n) is 4.82. The summed E-state index contributed by atoms with van der Waals surface area (Å²) < 4.78 is 5.88. The lowest BCUT2D eigenvalue weighted by Gasteiger charge is -2.31. The average molecular weight is 336 g/mol. The standard InChI is InChI=1S/C20H20N2O3/c23-19-13-16(14-6-2-1-3-7-14)22(11-10-21-19)20(24)18-12-15-8-4-5-9-17(15)25-18/h1-9,16,18H,10-13H2,(H,21,23). The highest BCUT2D eigenvalue weighted by atomic mass is 16.5. The van der Waals surface area contributed by atoms with Crippen LogP contribution < -0.4 is 10.1 Å². The fourth-order valence-electron chi connectivity index (χ4n) is 3.57. The summed E-state index contributed by atoms with van der Waals surface area (Å²) in [6, 6.07) is 17.2. The first-order valence-corrected chi connectivity index (χ1v) is 8.59. The van der Waals surface area contributed by atoms with E-state index >= 15 is 0 Å². The minimum absolute atomic E-state index is 0.0280. The number of benzene rings is 2. The summed E-state index contributed by atoms with van der Waals surface area (Å²) in [5, 5.41) is 2.86. The maximum atomic E-state index is 13.2. The molecule has 5 nitrogen and oxygen atoms in total. The quantitative estimate of drug-likeness (QED) is 0.913. The highest BCUT2D eigenvalue weighted by Gasteiger charge is 2.37. The van der Waals surface area contributed by atoms with Gasteiger partial charge in [-0.25, -0.2) is 0 Å². The summed E-state index contributed by atoms with van der Waals surface area (Å²) in [6.45, 7) is 0.952. The van der Waals surface area contributed by atoms with Gasteiger partial charge in [0.25, 0.3) is 5.91 Å². The van der Waals surface area contributed by atoms with Crippen molar-refractivity contribution in [2.75, 3.05) is 13.1 Å². The van der Waals surface area contributed by atoms with Crippen molar-refractivity contribution in [2.24, 2.45) is 0 Å². The lowest BCUT2D eigenvalue weighted by atomic mass is 10.0. The zero-order valence-electron chi connectivity index (χ0n) is 13.9. The van der Waals surface area contributed by atoms with E-state index in [1.807, 2.05) is 54.6 Å². The van der Waals surface area contributed by atoms with Gasteiger partial charge in [0, 0.05) is 19.5 Å². The van der Waals surface area contributed by atoms with Gasteiger partial charge in [-0.05, 0) is 17.2 Å². The van der Waals surface area contributed by atoms with Crippen LogP contribution in [-0.2, 0) is 16.0 Å². The summed E-state index contributed by atoms with van der Waals surface area (Å²) in [6.07, 6.45) is 0.334. The number of hydrogen-bond donors (Lipinski definition) is 1.